The first-order valence-corrected chi connectivity index (χ1v) is 8.14. The molecule has 0 saturated heterocycles. The maximum atomic E-state index is 12.7. The summed E-state index contributed by atoms with van der Waals surface area (Å²) in [6, 6.07) is 5.96. The Morgan fingerprint density at radius 3 is 2.50 bits per heavy atom. The Balaban J connectivity index is 2.16. The number of nitrogens with one attached hydrogen (secondary N) is 1. The van der Waals surface area contributed by atoms with Gasteiger partial charge in [-0.05, 0) is 53.4 Å². The van der Waals surface area contributed by atoms with Gasteiger partial charge in [-0.3, -0.25) is 4.79 Å². The van der Waals surface area contributed by atoms with Crippen LogP contribution in [0.1, 0.15) is 44.1 Å². The number of carbonyl (C=O) groups excluding carboxylic acids is 1. The number of amides is 1. The van der Waals surface area contributed by atoms with E-state index in [1.54, 1.807) is 0 Å². The van der Waals surface area contributed by atoms with Crippen molar-refractivity contribution in [1.29, 1.82) is 0 Å². The molecule has 0 radical (unpaired) electrons. The summed E-state index contributed by atoms with van der Waals surface area (Å²) in [5.41, 5.74) is 7.56. The second kappa shape index (κ2) is 6.72. The van der Waals surface area contributed by atoms with Crippen LogP contribution in [0.4, 0.5) is 5.69 Å². The first-order valence-electron chi connectivity index (χ1n) is 7.35. The van der Waals surface area contributed by atoms with E-state index >= 15 is 0 Å². The zero-order valence-electron chi connectivity index (χ0n) is 12.0. The van der Waals surface area contributed by atoms with E-state index in [0.29, 0.717) is 6.54 Å². The van der Waals surface area contributed by atoms with E-state index in [1.165, 1.54) is 12.8 Å². The second-order valence-electron chi connectivity index (χ2n) is 5.84. The maximum Gasteiger partial charge on any atom is 0.231 e. The van der Waals surface area contributed by atoms with Crippen LogP contribution in [-0.4, -0.2) is 12.5 Å². The first-order chi connectivity index (χ1) is 9.57. The van der Waals surface area contributed by atoms with Crippen molar-refractivity contribution in [3.63, 3.8) is 0 Å². The summed E-state index contributed by atoms with van der Waals surface area (Å²) in [6.07, 6.45) is 6.42. The lowest BCUT2D eigenvalue weighted by molar-refractivity contribution is -0.125. The maximum absolute atomic E-state index is 12.7. The number of anilines is 1. The number of hydrogen-bond donors (Lipinski definition) is 2. The summed E-state index contributed by atoms with van der Waals surface area (Å²) < 4.78 is 0.923. The Morgan fingerprint density at radius 2 is 1.95 bits per heavy atom. The van der Waals surface area contributed by atoms with Crippen molar-refractivity contribution in [3.8, 4) is 0 Å². The van der Waals surface area contributed by atoms with Crippen LogP contribution in [0.25, 0.3) is 0 Å². The van der Waals surface area contributed by atoms with Crippen LogP contribution in [0.5, 0.6) is 0 Å². The van der Waals surface area contributed by atoms with Crippen LogP contribution in [-0.2, 0) is 4.79 Å². The predicted molar refractivity (Wildman–Crippen MR) is 86.7 cm³/mol. The van der Waals surface area contributed by atoms with Crippen molar-refractivity contribution >= 4 is 27.5 Å². The summed E-state index contributed by atoms with van der Waals surface area (Å²) in [4.78, 5) is 12.7. The van der Waals surface area contributed by atoms with E-state index < -0.39 is 0 Å². The third kappa shape index (κ3) is 3.41. The van der Waals surface area contributed by atoms with E-state index in [1.807, 2.05) is 25.1 Å². The highest BCUT2D eigenvalue weighted by molar-refractivity contribution is 9.10. The highest BCUT2D eigenvalue weighted by Crippen LogP contribution is 2.36. The molecule has 0 spiro atoms. The molecule has 20 heavy (non-hydrogen) atoms. The van der Waals surface area contributed by atoms with Crippen LogP contribution < -0.4 is 11.1 Å². The monoisotopic (exact) mass is 338 g/mol. The Labute approximate surface area is 129 Å². The standard InChI is InChI=1S/C16H23BrN2O/c1-12-6-7-14(13(17)10-12)19-15(20)16(11-18)8-4-2-3-5-9-16/h6-7,10H,2-5,8-9,11,18H2,1H3,(H,19,20). The van der Waals surface area contributed by atoms with E-state index in [9.17, 15) is 4.79 Å². The fourth-order valence-electron chi connectivity index (χ4n) is 2.91. The zero-order chi connectivity index (χ0) is 14.6. The van der Waals surface area contributed by atoms with Gasteiger partial charge < -0.3 is 11.1 Å². The Hall–Kier alpha value is -0.870. The van der Waals surface area contributed by atoms with Crippen LogP contribution in [0.15, 0.2) is 22.7 Å². The van der Waals surface area contributed by atoms with Crippen molar-refractivity contribution < 1.29 is 4.79 Å². The van der Waals surface area contributed by atoms with Crippen molar-refractivity contribution in [2.45, 2.75) is 45.4 Å². The fraction of sp³-hybridized carbons (Fsp3) is 0.562. The van der Waals surface area contributed by atoms with Crippen LogP contribution in [0, 0.1) is 12.3 Å². The third-order valence-corrected chi connectivity index (χ3v) is 4.96. The van der Waals surface area contributed by atoms with Crippen LogP contribution >= 0.6 is 15.9 Å². The lowest BCUT2D eigenvalue weighted by Crippen LogP contribution is -2.42. The minimum absolute atomic E-state index is 0.0754. The summed E-state index contributed by atoms with van der Waals surface area (Å²) in [5, 5.41) is 3.06. The average molecular weight is 339 g/mol. The molecule has 3 nitrogen and oxygen atoms in total. The molecule has 0 heterocycles. The number of nitrogens with two attached hydrogens (primary N) is 1. The predicted octanol–water partition coefficient (Wildman–Crippen LogP) is 4.00. The largest absolute Gasteiger partial charge is 0.329 e. The molecule has 2 rings (SSSR count). The number of aryl methyl sites for hydroxylation is 1. The Bertz CT molecular complexity index is 479. The van der Waals surface area contributed by atoms with Crippen molar-refractivity contribution in [2.24, 2.45) is 11.1 Å². The van der Waals surface area contributed by atoms with Gasteiger partial charge in [-0.25, -0.2) is 0 Å². The summed E-state index contributed by atoms with van der Waals surface area (Å²) in [7, 11) is 0. The molecule has 1 aromatic rings. The molecule has 0 atom stereocenters. The summed E-state index contributed by atoms with van der Waals surface area (Å²) in [6.45, 7) is 2.46. The van der Waals surface area contributed by atoms with Gasteiger partial charge in [-0.2, -0.15) is 0 Å². The lowest BCUT2D eigenvalue weighted by atomic mass is 9.79. The molecule has 3 N–H and O–H groups in total. The van der Waals surface area contributed by atoms with Gasteiger partial charge in [0.2, 0.25) is 5.91 Å². The number of rotatable bonds is 3. The van der Waals surface area contributed by atoms with E-state index in [2.05, 4.69) is 21.2 Å². The first kappa shape index (κ1) is 15.5. The van der Waals surface area contributed by atoms with Gasteiger partial charge in [0.25, 0.3) is 0 Å². The van der Waals surface area contributed by atoms with Gasteiger partial charge in [0.1, 0.15) is 0 Å². The molecule has 1 amide bonds. The Morgan fingerprint density at radius 1 is 1.30 bits per heavy atom. The van der Waals surface area contributed by atoms with Crippen LogP contribution in [0.3, 0.4) is 0 Å². The summed E-state index contributed by atoms with van der Waals surface area (Å²) in [5.74, 6) is 0.0754. The van der Waals surface area contributed by atoms with E-state index in [-0.39, 0.29) is 11.3 Å². The molecule has 1 fully saturated rings. The topological polar surface area (TPSA) is 55.1 Å². The SMILES string of the molecule is Cc1ccc(NC(=O)C2(CN)CCCCCC2)c(Br)c1. The fourth-order valence-corrected chi connectivity index (χ4v) is 3.50. The molecule has 0 aliphatic heterocycles. The van der Waals surface area contributed by atoms with Gasteiger partial charge in [0, 0.05) is 11.0 Å². The van der Waals surface area contributed by atoms with Gasteiger partial charge in [-0.15, -0.1) is 0 Å². The number of halogens is 1. The minimum atomic E-state index is -0.388. The zero-order valence-corrected chi connectivity index (χ0v) is 13.6. The van der Waals surface area contributed by atoms with Gasteiger partial charge in [0.05, 0.1) is 11.1 Å². The highest BCUT2D eigenvalue weighted by atomic mass is 79.9. The van der Waals surface area contributed by atoms with Crippen molar-refractivity contribution in [1.82, 2.24) is 0 Å². The van der Waals surface area contributed by atoms with Gasteiger partial charge >= 0.3 is 0 Å². The third-order valence-electron chi connectivity index (χ3n) is 4.31. The summed E-state index contributed by atoms with van der Waals surface area (Å²) >= 11 is 3.51. The minimum Gasteiger partial charge on any atom is -0.329 e. The number of carbonyl (C=O) groups is 1. The van der Waals surface area contributed by atoms with E-state index in [4.69, 9.17) is 5.73 Å². The molecule has 0 aromatic heterocycles. The average Bonchev–Trinajstić information content (AvgIpc) is 2.68. The molecule has 0 unspecified atom stereocenters. The molecular formula is C16H23BrN2O. The molecule has 4 heteroatoms. The van der Waals surface area contributed by atoms with Crippen molar-refractivity contribution in [2.75, 3.05) is 11.9 Å². The van der Waals surface area contributed by atoms with Crippen molar-refractivity contribution in [3.05, 3.63) is 28.2 Å². The van der Waals surface area contributed by atoms with Gasteiger partial charge in [0.15, 0.2) is 0 Å². The number of benzene rings is 1. The molecule has 1 aliphatic rings. The molecule has 1 saturated carbocycles. The molecule has 1 aromatic carbocycles. The molecular weight excluding hydrogens is 316 g/mol. The number of hydrogen-bond acceptors (Lipinski definition) is 2. The molecule has 0 bridgehead atoms. The lowest BCUT2D eigenvalue weighted by Gasteiger charge is -2.30. The second-order valence-corrected chi connectivity index (χ2v) is 6.69. The molecule has 110 valence electrons. The van der Waals surface area contributed by atoms with E-state index in [0.717, 1.165) is 41.4 Å². The highest BCUT2D eigenvalue weighted by Gasteiger charge is 2.37. The smallest absolute Gasteiger partial charge is 0.231 e. The Kier molecular flexibility index (Phi) is 5.22. The normalized spacial score (nSPS) is 18.4. The quantitative estimate of drug-likeness (QED) is 0.818. The van der Waals surface area contributed by atoms with Crippen LogP contribution in [0.2, 0.25) is 0 Å². The molecule has 1 aliphatic carbocycles. The van der Waals surface area contributed by atoms with Gasteiger partial charge in [-0.1, -0.05) is 31.7 Å².